The molecular weight excluding hydrogens is 398 g/mol. The lowest BCUT2D eigenvalue weighted by Crippen LogP contribution is -2.22. The molecule has 1 aliphatic heterocycles. The van der Waals surface area contributed by atoms with Gasteiger partial charge in [0.2, 0.25) is 5.95 Å². The van der Waals surface area contributed by atoms with E-state index in [2.05, 4.69) is 25.9 Å². The van der Waals surface area contributed by atoms with Crippen LogP contribution in [0.2, 0.25) is 0 Å². The number of carbonyl (C=O) groups excluding carboxylic acids is 1. The van der Waals surface area contributed by atoms with Gasteiger partial charge in [0.15, 0.2) is 11.5 Å². The number of aryl methyl sites for hydroxylation is 1. The zero-order chi connectivity index (χ0) is 20.9. The fourth-order valence-corrected chi connectivity index (χ4v) is 3.32. The molecule has 2 heterocycles. The predicted molar refractivity (Wildman–Crippen MR) is 110 cm³/mol. The Kier molecular flexibility index (Phi) is 6.37. The summed E-state index contributed by atoms with van der Waals surface area (Å²) >= 11 is 0. The van der Waals surface area contributed by atoms with E-state index in [1.165, 1.54) is 6.26 Å². The first-order valence-electron chi connectivity index (χ1n) is 9.03. The summed E-state index contributed by atoms with van der Waals surface area (Å²) in [6.45, 7) is 3.16. The number of hydrogen-bond acceptors (Lipinski definition) is 8. The Hall–Kier alpha value is -3.08. The number of carbonyl (C=O) groups is 1. The normalized spacial score (nSPS) is 12.9. The second-order valence-corrected chi connectivity index (χ2v) is 8.83. The monoisotopic (exact) mass is 421 g/mol. The molecule has 0 spiro atoms. The van der Waals surface area contributed by atoms with Crippen LogP contribution < -0.4 is 25.4 Å². The Morgan fingerprint density at radius 1 is 1.10 bits per heavy atom. The van der Waals surface area contributed by atoms with E-state index in [0.717, 1.165) is 0 Å². The van der Waals surface area contributed by atoms with Crippen LogP contribution in [0.3, 0.4) is 0 Å². The van der Waals surface area contributed by atoms with Crippen molar-refractivity contribution >= 4 is 33.3 Å². The van der Waals surface area contributed by atoms with Crippen LogP contribution in [-0.4, -0.2) is 56.2 Å². The number of amides is 2. The molecule has 11 heteroatoms. The molecular formula is C18H23N5O5S. The van der Waals surface area contributed by atoms with Crippen LogP contribution in [0.5, 0.6) is 11.5 Å². The van der Waals surface area contributed by atoms with Gasteiger partial charge in [-0.15, -0.1) is 0 Å². The van der Waals surface area contributed by atoms with Gasteiger partial charge in [0, 0.05) is 36.3 Å². The van der Waals surface area contributed by atoms with E-state index >= 15 is 0 Å². The number of nitrogens with zero attached hydrogens (tertiary/aromatic N) is 2. The van der Waals surface area contributed by atoms with Crippen molar-refractivity contribution in [3.63, 3.8) is 0 Å². The molecule has 1 aromatic carbocycles. The van der Waals surface area contributed by atoms with Crippen molar-refractivity contribution in [1.29, 1.82) is 0 Å². The first kappa shape index (κ1) is 20.6. The number of benzene rings is 1. The van der Waals surface area contributed by atoms with E-state index in [4.69, 9.17) is 9.47 Å². The fraction of sp³-hybridized carbons (Fsp3) is 0.389. The maximum Gasteiger partial charge on any atom is 0.326 e. The molecule has 10 nitrogen and oxygen atoms in total. The van der Waals surface area contributed by atoms with E-state index in [9.17, 15) is 13.2 Å². The van der Waals surface area contributed by atoms with Crippen molar-refractivity contribution in [2.45, 2.75) is 13.3 Å². The molecule has 0 radical (unpaired) electrons. The summed E-state index contributed by atoms with van der Waals surface area (Å²) in [6.07, 6.45) is 1.65. The topological polar surface area (TPSA) is 132 Å². The minimum atomic E-state index is -3.00. The highest BCUT2D eigenvalue weighted by Gasteiger charge is 2.13. The van der Waals surface area contributed by atoms with Crippen molar-refractivity contribution in [2.24, 2.45) is 0 Å². The molecule has 0 atom stereocenters. The maximum absolute atomic E-state index is 12.3. The van der Waals surface area contributed by atoms with E-state index in [1.807, 2.05) is 0 Å². The zero-order valence-electron chi connectivity index (χ0n) is 16.2. The van der Waals surface area contributed by atoms with Gasteiger partial charge < -0.3 is 20.1 Å². The highest BCUT2D eigenvalue weighted by atomic mass is 32.2. The van der Waals surface area contributed by atoms with E-state index in [0.29, 0.717) is 54.9 Å². The van der Waals surface area contributed by atoms with Crippen molar-refractivity contribution in [2.75, 3.05) is 47.7 Å². The average Bonchev–Trinajstić information content (AvgIpc) is 2.64. The fourth-order valence-electron chi connectivity index (χ4n) is 2.65. The Labute approximate surface area is 169 Å². The Morgan fingerprint density at radius 2 is 1.86 bits per heavy atom. The molecule has 3 N–H and O–H groups in total. The molecule has 0 bridgehead atoms. The standard InChI is InChI=1S/C18H23N5O5S/c1-12-10-16(19-6-3-9-29(2,25)26)22-17(20-12)23-18(24)21-13-4-5-14-15(11-13)28-8-7-27-14/h4-5,10-11H,3,6-9H2,1-2H3,(H3,19,20,21,22,23,24). The summed E-state index contributed by atoms with van der Waals surface area (Å²) in [5.74, 6) is 1.93. The highest BCUT2D eigenvalue weighted by molar-refractivity contribution is 7.90. The van der Waals surface area contributed by atoms with Crippen molar-refractivity contribution in [3.8, 4) is 11.5 Å². The Bertz CT molecular complexity index is 996. The van der Waals surface area contributed by atoms with Gasteiger partial charge in [0.1, 0.15) is 28.9 Å². The van der Waals surface area contributed by atoms with Crippen LogP contribution in [0.15, 0.2) is 24.3 Å². The van der Waals surface area contributed by atoms with Gasteiger partial charge in [-0.2, -0.15) is 4.98 Å². The number of urea groups is 1. The van der Waals surface area contributed by atoms with Crippen LogP contribution in [-0.2, 0) is 9.84 Å². The summed E-state index contributed by atoms with van der Waals surface area (Å²) in [5.41, 5.74) is 1.19. The predicted octanol–water partition coefficient (Wildman–Crippen LogP) is 2.05. The molecule has 0 saturated carbocycles. The molecule has 2 amide bonds. The van der Waals surface area contributed by atoms with Crippen LogP contribution in [0.25, 0.3) is 0 Å². The van der Waals surface area contributed by atoms with Crippen LogP contribution in [0.1, 0.15) is 12.1 Å². The molecule has 0 unspecified atom stereocenters. The first-order chi connectivity index (χ1) is 13.8. The maximum atomic E-state index is 12.3. The molecule has 0 aliphatic carbocycles. The van der Waals surface area contributed by atoms with Crippen LogP contribution in [0, 0.1) is 6.92 Å². The van der Waals surface area contributed by atoms with Gasteiger partial charge in [0.25, 0.3) is 0 Å². The summed E-state index contributed by atoms with van der Waals surface area (Å²) in [6, 6.07) is 6.32. The first-order valence-corrected chi connectivity index (χ1v) is 11.1. The highest BCUT2D eigenvalue weighted by Crippen LogP contribution is 2.32. The third kappa shape index (κ3) is 6.49. The lowest BCUT2D eigenvalue weighted by Gasteiger charge is -2.19. The third-order valence-electron chi connectivity index (χ3n) is 3.88. The van der Waals surface area contributed by atoms with Crippen molar-refractivity contribution < 1.29 is 22.7 Å². The number of ether oxygens (including phenoxy) is 2. The lowest BCUT2D eigenvalue weighted by molar-refractivity contribution is 0.171. The molecule has 2 aromatic rings. The van der Waals surface area contributed by atoms with Gasteiger partial charge in [0.05, 0.1) is 5.75 Å². The second-order valence-electron chi connectivity index (χ2n) is 6.57. The molecule has 156 valence electrons. The minimum absolute atomic E-state index is 0.0904. The van der Waals surface area contributed by atoms with Gasteiger partial charge in [-0.25, -0.2) is 18.2 Å². The van der Waals surface area contributed by atoms with Crippen molar-refractivity contribution in [1.82, 2.24) is 9.97 Å². The largest absolute Gasteiger partial charge is 0.486 e. The van der Waals surface area contributed by atoms with Crippen LogP contribution in [0.4, 0.5) is 22.2 Å². The molecule has 1 aromatic heterocycles. The number of rotatable bonds is 7. The lowest BCUT2D eigenvalue weighted by atomic mass is 10.2. The van der Waals surface area contributed by atoms with E-state index < -0.39 is 15.9 Å². The summed E-state index contributed by atoms with van der Waals surface area (Å²) in [5, 5.41) is 8.32. The molecule has 0 fully saturated rings. The second kappa shape index (κ2) is 8.95. The number of hydrogen-bond donors (Lipinski definition) is 3. The van der Waals surface area contributed by atoms with E-state index in [1.54, 1.807) is 31.2 Å². The minimum Gasteiger partial charge on any atom is -0.486 e. The number of nitrogens with one attached hydrogen (secondary N) is 3. The molecule has 1 aliphatic rings. The molecule has 0 saturated heterocycles. The summed E-state index contributed by atoms with van der Waals surface area (Å²) in [4.78, 5) is 20.7. The summed E-state index contributed by atoms with van der Waals surface area (Å²) in [7, 11) is -3.00. The van der Waals surface area contributed by atoms with Gasteiger partial charge in [-0.1, -0.05) is 0 Å². The SMILES string of the molecule is Cc1cc(NCCCS(C)(=O)=O)nc(NC(=O)Nc2ccc3c(c2)OCCO3)n1. The average molecular weight is 421 g/mol. The number of fused-ring (bicyclic) bond motifs is 1. The quantitative estimate of drug-likeness (QED) is 0.579. The van der Waals surface area contributed by atoms with Crippen LogP contribution >= 0.6 is 0 Å². The molecule has 29 heavy (non-hydrogen) atoms. The Morgan fingerprint density at radius 3 is 2.62 bits per heavy atom. The van der Waals surface area contributed by atoms with Gasteiger partial charge in [-0.3, -0.25) is 5.32 Å². The third-order valence-corrected chi connectivity index (χ3v) is 4.91. The zero-order valence-corrected chi connectivity index (χ0v) is 17.0. The van der Waals surface area contributed by atoms with Gasteiger partial charge >= 0.3 is 6.03 Å². The summed E-state index contributed by atoms with van der Waals surface area (Å²) < 4.78 is 33.3. The van der Waals surface area contributed by atoms with E-state index in [-0.39, 0.29) is 11.7 Å². The number of aromatic nitrogens is 2. The number of sulfone groups is 1. The Balaban J connectivity index is 1.57. The van der Waals surface area contributed by atoms with Gasteiger partial charge in [-0.05, 0) is 25.5 Å². The number of anilines is 3. The van der Waals surface area contributed by atoms with Crippen molar-refractivity contribution in [3.05, 3.63) is 30.0 Å². The smallest absolute Gasteiger partial charge is 0.326 e. The molecule has 3 rings (SSSR count).